The van der Waals surface area contributed by atoms with Gasteiger partial charge in [0, 0.05) is 29.9 Å². The average molecular weight is 499 g/mol. The summed E-state index contributed by atoms with van der Waals surface area (Å²) < 4.78 is 10.8. The Morgan fingerprint density at radius 3 is 2.40 bits per heavy atom. The minimum Gasteiger partial charge on any atom is -0.444 e. The van der Waals surface area contributed by atoms with E-state index in [0.717, 1.165) is 11.1 Å². The monoisotopic (exact) mass is 498 g/mol. The molecule has 7 nitrogen and oxygen atoms in total. The van der Waals surface area contributed by atoms with E-state index in [1.54, 1.807) is 17.0 Å². The molecular formula is C27H31ClN2O5. The predicted octanol–water partition coefficient (Wildman–Crippen LogP) is 5.75. The van der Waals surface area contributed by atoms with Crippen molar-refractivity contribution in [1.29, 1.82) is 0 Å². The lowest BCUT2D eigenvalue weighted by atomic mass is 9.70. The van der Waals surface area contributed by atoms with Gasteiger partial charge >= 0.3 is 12.2 Å². The fraction of sp³-hybridized carbons (Fsp3) is 0.444. The van der Waals surface area contributed by atoms with Crippen molar-refractivity contribution < 1.29 is 23.9 Å². The number of rotatable bonds is 3. The highest BCUT2D eigenvalue weighted by Gasteiger charge is 2.44. The van der Waals surface area contributed by atoms with Crippen molar-refractivity contribution in [2.45, 2.75) is 57.5 Å². The molecule has 35 heavy (non-hydrogen) atoms. The van der Waals surface area contributed by atoms with Crippen LogP contribution in [0.3, 0.4) is 0 Å². The Morgan fingerprint density at radius 1 is 1.11 bits per heavy atom. The number of amides is 3. The van der Waals surface area contributed by atoms with Crippen LogP contribution in [0.5, 0.6) is 0 Å². The van der Waals surface area contributed by atoms with Crippen molar-refractivity contribution in [1.82, 2.24) is 9.80 Å². The maximum Gasteiger partial charge on any atom is 0.421 e. The molecule has 3 aliphatic rings. The number of cyclic esters (lactones) is 1. The minimum absolute atomic E-state index is 0.0818. The number of imide groups is 1. The molecule has 2 fully saturated rings. The van der Waals surface area contributed by atoms with E-state index in [0.29, 0.717) is 43.1 Å². The molecule has 1 aromatic rings. The molecule has 8 heteroatoms. The summed E-state index contributed by atoms with van der Waals surface area (Å²) in [6, 6.07) is 7.46. The molecule has 0 N–H and O–H groups in total. The Hall–Kier alpha value is -3.06. The molecule has 2 heterocycles. The summed E-state index contributed by atoms with van der Waals surface area (Å²) in [5.41, 5.74) is 1.31. The van der Waals surface area contributed by atoms with Crippen molar-refractivity contribution in [3.8, 4) is 0 Å². The molecule has 0 atom stereocenters. The van der Waals surface area contributed by atoms with Crippen LogP contribution in [0.2, 0.25) is 5.02 Å². The summed E-state index contributed by atoms with van der Waals surface area (Å²) in [4.78, 5) is 41.7. The number of allylic oxidation sites excluding steroid dienone is 5. The first-order valence-electron chi connectivity index (χ1n) is 11.9. The van der Waals surface area contributed by atoms with E-state index in [9.17, 15) is 14.4 Å². The van der Waals surface area contributed by atoms with Crippen molar-refractivity contribution in [2.24, 2.45) is 0 Å². The fourth-order valence-electron chi connectivity index (χ4n) is 4.77. The van der Waals surface area contributed by atoms with Gasteiger partial charge in [-0.05, 0) is 63.3 Å². The molecule has 0 unspecified atom stereocenters. The molecular weight excluding hydrogens is 468 g/mol. The van der Waals surface area contributed by atoms with E-state index in [1.807, 2.05) is 57.2 Å². The van der Waals surface area contributed by atoms with Gasteiger partial charge in [-0.1, -0.05) is 48.0 Å². The van der Waals surface area contributed by atoms with Gasteiger partial charge in [0.1, 0.15) is 12.2 Å². The SMILES string of the molecule is CC(C)(C)OC(=O)N1CCC(CC(=O)N2C(=O)OC/C2=C2/C=CC=CC2)(c2ccc(Cl)cc2)CC1. The highest BCUT2D eigenvalue weighted by Crippen LogP contribution is 2.41. The summed E-state index contributed by atoms with van der Waals surface area (Å²) in [5.74, 6) is -0.307. The Morgan fingerprint density at radius 2 is 1.80 bits per heavy atom. The summed E-state index contributed by atoms with van der Waals surface area (Å²) in [6.07, 6.45) is 8.57. The summed E-state index contributed by atoms with van der Waals surface area (Å²) in [7, 11) is 0. The molecule has 4 rings (SSSR count). The molecule has 0 bridgehead atoms. The fourth-order valence-corrected chi connectivity index (χ4v) is 4.89. The maximum atomic E-state index is 13.6. The van der Waals surface area contributed by atoms with Gasteiger partial charge in [0.15, 0.2) is 0 Å². The van der Waals surface area contributed by atoms with Crippen molar-refractivity contribution in [2.75, 3.05) is 19.7 Å². The number of hydrogen-bond donors (Lipinski definition) is 0. The second-order valence-electron chi connectivity index (χ2n) is 10.2. The summed E-state index contributed by atoms with van der Waals surface area (Å²) in [6.45, 7) is 6.48. The average Bonchev–Trinajstić information content (AvgIpc) is 3.21. The lowest BCUT2D eigenvalue weighted by Crippen LogP contribution is -2.48. The van der Waals surface area contributed by atoms with Gasteiger partial charge in [-0.2, -0.15) is 0 Å². The molecule has 0 aromatic heterocycles. The molecule has 186 valence electrons. The van der Waals surface area contributed by atoms with Crippen molar-refractivity contribution >= 4 is 29.7 Å². The Kier molecular flexibility index (Phi) is 7.08. The molecule has 3 amide bonds. The van der Waals surface area contributed by atoms with E-state index >= 15 is 0 Å². The first-order chi connectivity index (χ1) is 16.6. The zero-order valence-corrected chi connectivity index (χ0v) is 21.1. The third-order valence-electron chi connectivity index (χ3n) is 6.61. The molecule has 2 saturated heterocycles. The number of carbonyl (C=O) groups excluding carboxylic acids is 3. The smallest absolute Gasteiger partial charge is 0.421 e. The minimum atomic E-state index is -0.641. The van der Waals surface area contributed by atoms with Crippen molar-refractivity contribution in [3.63, 3.8) is 0 Å². The van der Waals surface area contributed by atoms with Gasteiger partial charge < -0.3 is 14.4 Å². The quantitative estimate of drug-likeness (QED) is 0.530. The number of carbonyl (C=O) groups is 3. The third kappa shape index (κ3) is 5.61. The summed E-state index contributed by atoms with van der Waals surface area (Å²) >= 11 is 6.13. The molecule has 0 spiro atoms. The van der Waals surface area contributed by atoms with Gasteiger partial charge in [-0.25, -0.2) is 14.5 Å². The van der Waals surface area contributed by atoms with Crippen LogP contribution in [0.15, 0.2) is 59.8 Å². The van der Waals surface area contributed by atoms with Crippen LogP contribution in [0.25, 0.3) is 0 Å². The zero-order chi connectivity index (χ0) is 25.2. The van der Waals surface area contributed by atoms with E-state index in [2.05, 4.69) is 0 Å². The second-order valence-corrected chi connectivity index (χ2v) is 10.6. The molecule has 1 aliphatic carbocycles. The first kappa shape index (κ1) is 25.0. The van der Waals surface area contributed by atoms with Crippen LogP contribution < -0.4 is 0 Å². The molecule has 0 saturated carbocycles. The zero-order valence-electron chi connectivity index (χ0n) is 20.4. The number of halogens is 1. The van der Waals surface area contributed by atoms with Crippen LogP contribution in [0.1, 0.15) is 52.0 Å². The van der Waals surface area contributed by atoms with Gasteiger partial charge in [-0.15, -0.1) is 0 Å². The largest absolute Gasteiger partial charge is 0.444 e. The normalized spacial score (nSPS) is 21.8. The Balaban J connectivity index is 1.59. The van der Waals surface area contributed by atoms with E-state index < -0.39 is 17.1 Å². The van der Waals surface area contributed by atoms with Crippen LogP contribution in [-0.2, 0) is 19.7 Å². The number of likely N-dealkylation sites (tertiary alicyclic amines) is 1. The number of ether oxygens (including phenoxy) is 2. The molecule has 2 aliphatic heterocycles. The van der Waals surface area contributed by atoms with E-state index in [-0.39, 0.29) is 25.0 Å². The molecule has 0 radical (unpaired) electrons. The Labute approximate surface area is 211 Å². The van der Waals surface area contributed by atoms with Gasteiger partial charge in [0.2, 0.25) is 5.91 Å². The summed E-state index contributed by atoms with van der Waals surface area (Å²) in [5, 5.41) is 0.605. The van der Waals surface area contributed by atoms with Crippen LogP contribution in [0, 0.1) is 0 Å². The standard InChI is InChI=1S/C27H31ClN2O5/c1-26(2,3)35-24(32)29-15-13-27(14-16-29,20-9-11-21(28)12-10-20)17-23(31)30-22(18-34-25(30)33)19-7-5-4-6-8-19/h4-7,9-12H,8,13-18H2,1-3H3/b22-19+. The van der Waals surface area contributed by atoms with Crippen LogP contribution in [-0.4, -0.2) is 53.2 Å². The Bertz CT molecular complexity index is 1090. The number of benzene rings is 1. The lowest BCUT2D eigenvalue weighted by Gasteiger charge is -2.42. The highest BCUT2D eigenvalue weighted by atomic mass is 35.5. The topological polar surface area (TPSA) is 76.2 Å². The predicted molar refractivity (Wildman–Crippen MR) is 133 cm³/mol. The number of piperidine rings is 1. The van der Waals surface area contributed by atoms with Crippen LogP contribution >= 0.6 is 11.6 Å². The first-order valence-corrected chi connectivity index (χ1v) is 12.2. The van der Waals surface area contributed by atoms with Gasteiger partial charge in [-0.3, -0.25) is 4.79 Å². The third-order valence-corrected chi connectivity index (χ3v) is 6.86. The molecule has 1 aromatic carbocycles. The van der Waals surface area contributed by atoms with Gasteiger partial charge in [0.05, 0.1) is 5.70 Å². The highest BCUT2D eigenvalue weighted by molar-refractivity contribution is 6.30. The van der Waals surface area contributed by atoms with E-state index in [4.69, 9.17) is 21.1 Å². The number of nitrogens with zero attached hydrogens (tertiary/aromatic N) is 2. The van der Waals surface area contributed by atoms with E-state index in [1.165, 1.54) is 4.90 Å². The number of hydrogen-bond acceptors (Lipinski definition) is 5. The van der Waals surface area contributed by atoms with Crippen molar-refractivity contribution in [3.05, 3.63) is 70.4 Å². The second kappa shape index (κ2) is 9.90. The lowest BCUT2D eigenvalue weighted by molar-refractivity contribution is -0.128. The van der Waals surface area contributed by atoms with Gasteiger partial charge in [0.25, 0.3) is 0 Å². The maximum absolute atomic E-state index is 13.6. The van der Waals surface area contributed by atoms with Crippen LogP contribution in [0.4, 0.5) is 9.59 Å².